The van der Waals surface area contributed by atoms with Gasteiger partial charge in [0.25, 0.3) is 0 Å². The lowest BCUT2D eigenvalue weighted by atomic mass is 10.1. The molecule has 1 aliphatic heterocycles. The molecule has 1 aromatic heterocycles. The van der Waals surface area contributed by atoms with Gasteiger partial charge in [-0.3, -0.25) is 14.0 Å². The molecule has 10 heteroatoms. The van der Waals surface area contributed by atoms with Crippen LogP contribution in [0.1, 0.15) is 23.7 Å². The van der Waals surface area contributed by atoms with Crippen LogP contribution in [0.15, 0.2) is 47.3 Å². The molecule has 194 valence electrons. The first-order valence-corrected chi connectivity index (χ1v) is 11.6. The lowest BCUT2D eigenvalue weighted by Gasteiger charge is -2.26. The van der Waals surface area contributed by atoms with Gasteiger partial charge in [0.05, 0.1) is 24.2 Å². The fourth-order valence-electron chi connectivity index (χ4n) is 4.19. The van der Waals surface area contributed by atoms with Crippen LogP contribution in [0.4, 0.5) is 0 Å². The number of hydrogen-bond donors (Lipinski definition) is 2. The summed E-state index contributed by atoms with van der Waals surface area (Å²) in [6.07, 6.45) is 0.347. The largest absolute Gasteiger partial charge is 0.491 e. The molecule has 0 aliphatic carbocycles. The van der Waals surface area contributed by atoms with E-state index in [4.69, 9.17) is 9.47 Å². The van der Waals surface area contributed by atoms with E-state index in [1.54, 1.807) is 23.2 Å². The van der Waals surface area contributed by atoms with E-state index in [0.29, 0.717) is 0 Å². The Morgan fingerprint density at radius 2 is 1.71 bits per heavy atom. The van der Waals surface area contributed by atoms with E-state index in [2.05, 4.69) is 10.2 Å². The highest BCUT2D eigenvalue weighted by Gasteiger charge is 2.13. The topological polar surface area (TPSA) is 80.9 Å². The van der Waals surface area contributed by atoms with Gasteiger partial charge in [0.15, 0.2) is 0 Å². The molecular weight excluding hydrogens is 491 g/mol. The maximum absolute atomic E-state index is 12.1. The van der Waals surface area contributed by atoms with E-state index in [1.165, 1.54) is 5.56 Å². The fraction of sp³-hybridized carbons (Fsp3) is 0.480. The van der Waals surface area contributed by atoms with Crippen molar-refractivity contribution in [2.75, 3.05) is 46.0 Å². The minimum atomic E-state index is -0.780. The van der Waals surface area contributed by atoms with Crippen LogP contribution in [-0.2, 0) is 25.4 Å². The second-order valence-corrected chi connectivity index (χ2v) is 8.60. The molecule has 0 spiro atoms. The van der Waals surface area contributed by atoms with Gasteiger partial charge in [0.1, 0.15) is 18.5 Å². The predicted molar refractivity (Wildman–Crippen MR) is 143 cm³/mol. The van der Waals surface area contributed by atoms with Crippen molar-refractivity contribution >= 4 is 35.8 Å². The smallest absolute Gasteiger partial charge is 0.328 e. The molecule has 4 rings (SSSR count). The zero-order valence-electron chi connectivity index (χ0n) is 20.3. The summed E-state index contributed by atoms with van der Waals surface area (Å²) in [6, 6.07) is 13.5. The Morgan fingerprint density at radius 3 is 2.43 bits per heavy atom. The van der Waals surface area contributed by atoms with Crippen LogP contribution < -0.4 is 15.7 Å². The number of morpholine rings is 1. The third-order valence-corrected chi connectivity index (χ3v) is 6.27. The van der Waals surface area contributed by atoms with Gasteiger partial charge < -0.3 is 19.9 Å². The molecular formula is C25H36Cl2N4O4. The second kappa shape index (κ2) is 13.9. The number of hydrogen-bond acceptors (Lipinski definition) is 6. The number of rotatable bonds is 10. The molecule has 1 atom stereocenters. The van der Waals surface area contributed by atoms with Crippen LogP contribution in [-0.4, -0.2) is 65.1 Å². The Balaban J connectivity index is 0.00000216. The van der Waals surface area contributed by atoms with E-state index in [9.17, 15) is 9.90 Å². The van der Waals surface area contributed by atoms with E-state index in [0.717, 1.165) is 74.7 Å². The fourth-order valence-corrected chi connectivity index (χ4v) is 4.19. The van der Waals surface area contributed by atoms with Gasteiger partial charge in [0, 0.05) is 33.7 Å². The molecule has 1 fully saturated rings. The number of aliphatic hydroxyl groups is 1. The van der Waals surface area contributed by atoms with Gasteiger partial charge >= 0.3 is 5.69 Å². The molecule has 1 unspecified atom stereocenters. The van der Waals surface area contributed by atoms with E-state index in [-0.39, 0.29) is 37.1 Å². The minimum Gasteiger partial charge on any atom is -0.491 e. The molecule has 2 heterocycles. The molecule has 0 saturated carbocycles. The molecule has 2 aromatic carbocycles. The Hall–Kier alpha value is -2.07. The molecule has 0 radical (unpaired) electrons. The number of halogens is 2. The van der Waals surface area contributed by atoms with Gasteiger partial charge in [-0.05, 0) is 54.9 Å². The van der Waals surface area contributed by atoms with Crippen molar-refractivity contribution in [3.05, 3.63) is 64.1 Å². The van der Waals surface area contributed by atoms with Crippen molar-refractivity contribution in [1.82, 2.24) is 19.4 Å². The zero-order chi connectivity index (χ0) is 23.2. The maximum atomic E-state index is 12.1. The van der Waals surface area contributed by atoms with Crippen LogP contribution in [0.5, 0.6) is 5.75 Å². The molecule has 1 saturated heterocycles. The average Bonchev–Trinajstić information content (AvgIpc) is 3.07. The van der Waals surface area contributed by atoms with E-state index in [1.807, 2.05) is 42.5 Å². The minimum absolute atomic E-state index is 0. The lowest BCUT2D eigenvalue weighted by Crippen LogP contribution is -2.37. The molecule has 3 aromatic rings. The average molecular weight is 527 g/mol. The second-order valence-electron chi connectivity index (χ2n) is 8.60. The summed E-state index contributed by atoms with van der Waals surface area (Å²) in [6.45, 7) is 6.84. The number of imidazole rings is 1. The van der Waals surface area contributed by atoms with Crippen molar-refractivity contribution in [3.8, 4) is 5.75 Å². The zero-order valence-corrected chi connectivity index (χ0v) is 21.9. The van der Waals surface area contributed by atoms with Gasteiger partial charge in [-0.1, -0.05) is 18.2 Å². The van der Waals surface area contributed by atoms with E-state index >= 15 is 0 Å². The summed E-state index contributed by atoms with van der Waals surface area (Å²) in [5.41, 5.74) is 3.47. The quantitative estimate of drug-likeness (QED) is 0.395. The van der Waals surface area contributed by atoms with Crippen molar-refractivity contribution in [2.24, 2.45) is 14.1 Å². The Kier molecular flexibility index (Phi) is 11.6. The SMILES string of the molecule is Cl.Cl.Cn1c(=O)n(C)c2cc(C(O)COc3ccc(CNCCCN4CCOCC4)cc3)ccc21. The number of benzene rings is 2. The standard InChI is InChI=1S/C25H34N4O4.2ClH/c1-27-22-9-6-20(16-23(22)28(2)25(27)31)24(30)18-33-21-7-4-19(5-8-21)17-26-10-3-11-29-12-14-32-15-13-29;;/h4-9,16,24,26,30H,3,10-15,17-18H2,1-2H3;2*1H. The highest BCUT2D eigenvalue weighted by atomic mass is 35.5. The molecule has 1 aliphatic rings. The molecule has 35 heavy (non-hydrogen) atoms. The van der Waals surface area contributed by atoms with Crippen molar-refractivity contribution in [2.45, 2.75) is 19.1 Å². The van der Waals surface area contributed by atoms with Gasteiger partial charge in [-0.15, -0.1) is 24.8 Å². The molecule has 8 nitrogen and oxygen atoms in total. The maximum Gasteiger partial charge on any atom is 0.328 e. The Bertz CT molecular complexity index is 1110. The monoisotopic (exact) mass is 526 g/mol. The van der Waals surface area contributed by atoms with Crippen LogP contribution >= 0.6 is 24.8 Å². The highest BCUT2D eigenvalue weighted by Crippen LogP contribution is 2.21. The predicted octanol–water partition coefficient (Wildman–Crippen LogP) is 2.64. The number of aryl methyl sites for hydroxylation is 2. The van der Waals surface area contributed by atoms with Crippen molar-refractivity contribution in [1.29, 1.82) is 0 Å². The van der Waals surface area contributed by atoms with Gasteiger partial charge in [-0.2, -0.15) is 0 Å². The lowest BCUT2D eigenvalue weighted by molar-refractivity contribution is 0.0374. The Morgan fingerprint density at radius 1 is 1.03 bits per heavy atom. The van der Waals surface area contributed by atoms with E-state index < -0.39 is 6.10 Å². The molecule has 0 bridgehead atoms. The van der Waals surface area contributed by atoms with Crippen molar-refractivity contribution < 1.29 is 14.6 Å². The summed E-state index contributed by atoms with van der Waals surface area (Å²) in [4.78, 5) is 14.5. The summed E-state index contributed by atoms with van der Waals surface area (Å²) >= 11 is 0. The third-order valence-electron chi connectivity index (χ3n) is 6.27. The van der Waals surface area contributed by atoms with Gasteiger partial charge in [-0.25, -0.2) is 4.79 Å². The first-order valence-electron chi connectivity index (χ1n) is 11.6. The summed E-state index contributed by atoms with van der Waals surface area (Å²) in [5, 5.41) is 14.1. The van der Waals surface area contributed by atoms with Crippen LogP contribution in [0.25, 0.3) is 11.0 Å². The number of nitrogens with one attached hydrogen (secondary N) is 1. The summed E-state index contributed by atoms with van der Waals surface area (Å²) < 4.78 is 14.4. The first kappa shape index (κ1) is 29.2. The number of nitrogens with zero attached hydrogens (tertiary/aromatic N) is 3. The van der Waals surface area contributed by atoms with Gasteiger partial charge in [0.2, 0.25) is 0 Å². The highest BCUT2D eigenvalue weighted by molar-refractivity contribution is 5.85. The third kappa shape index (κ3) is 7.46. The van der Waals surface area contributed by atoms with Crippen LogP contribution in [0.3, 0.4) is 0 Å². The summed E-state index contributed by atoms with van der Waals surface area (Å²) in [5.74, 6) is 0.721. The number of fused-ring (bicyclic) bond motifs is 1. The normalized spacial score (nSPS) is 14.8. The molecule has 2 N–H and O–H groups in total. The summed E-state index contributed by atoms with van der Waals surface area (Å²) in [7, 11) is 3.48. The number of ether oxygens (including phenoxy) is 2. The first-order chi connectivity index (χ1) is 16.0. The number of aliphatic hydroxyl groups excluding tert-OH is 1. The molecule has 0 amide bonds. The van der Waals surface area contributed by atoms with Crippen LogP contribution in [0, 0.1) is 0 Å². The Labute approximate surface area is 218 Å². The number of aromatic nitrogens is 2. The van der Waals surface area contributed by atoms with Crippen molar-refractivity contribution in [3.63, 3.8) is 0 Å². The van der Waals surface area contributed by atoms with Crippen LogP contribution in [0.2, 0.25) is 0 Å².